The van der Waals surface area contributed by atoms with Crippen LogP contribution in [0.1, 0.15) is 31.0 Å². The molecule has 4 nitrogen and oxygen atoms in total. The van der Waals surface area contributed by atoms with Crippen LogP contribution in [-0.4, -0.2) is 35.5 Å². The summed E-state index contributed by atoms with van der Waals surface area (Å²) in [6, 6.07) is 9.06. The average molecular weight is 344 g/mol. The number of hydrogen-bond donors (Lipinski definition) is 0. The van der Waals surface area contributed by atoms with Crippen molar-refractivity contribution in [3.63, 3.8) is 0 Å². The van der Waals surface area contributed by atoms with Crippen LogP contribution in [0.4, 0.5) is 0 Å². The maximum Gasteiger partial charge on any atom is 0.309 e. The molecular formula is C19H24N2O2S. The van der Waals surface area contributed by atoms with E-state index in [1.54, 1.807) is 11.3 Å². The third-order valence-electron chi connectivity index (χ3n) is 4.39. The lowest BCUT2D eigenvalue weighted by Gasteiger charge is -2.23. The maximum absolute atomic E-state index is 11.7. The van der Waals surface area contributed by atoms with Crippen molar-refractivity contribution in [2.24, 2.45) is 5.92 Å². The molecule has 0 amide bonds. The number of aromatic nitrogens is 1. The molecule has 1 atom stereocenters. The van der Waals surface area contributed by atoms with E-state index in [1.165, 1.54) is 25.5 Å². The Labute approximate surface area is 147 Å². The van der Waals surface area contributed by atoms with E-state index in [0.29, 0.717) is 6.04 Å². The number of nitrogens with zero attached hydrogens (tertiary/aromatic N) is 2. The fourth-order valence-corrected chi connectivity index (χ4v) is 3.64. The normalized spacial score (nSPS) is 15.5. The van der Waals surface area contributed by atoms with Crippen molar-refractivity contribution in [2.45, 2.75) is 39.3 Å². The number of carbonyl (C=O) groups is 1. The standard InChI is InChI=1S/C19H24N2O2S/c1-13-4-6-15(7-5-13)18-20-16(12-24-18)11-21(17-8-9-17)10-14(2)19(22)23-3/h4-7,12,14,17H,8-11H2,1-3H3/t14-/m0/s1. The molecule has 2 aromatic rings. The molecule has 3 rings (SSSR count). The molecule has 0 unspecified atom stereocenters. The third kappa shape index (κ3) is 4.22. The summed E-state index contributed by atoms with van der Waals surface area (Å²) in [6.07, 6.45) is 2.42. The second kappa shape index (κ2) is 7.45. The molecule has 1 heterocycles. The molecule has 1 aromatic carbocycles. The van der Waals surface area contributed by atoms with E-state index in [2.05, 4.69) is 41.5 Å². The Kier molecular flexibility index (Phi) is 5.31. The van der Waals surface area contributed by atoms with Gasteiger partial charge in [0.2, 0.25) is 0 Å². The minimum absolute atomic E-state index is 0.106. The molecule has 1 aliphatic rings. The summed E-state index contributed by atoms with van der Waals surface area (Å²) in [5.41, 5.74) is 3.50. The molecule has 0 radical (unpaired) electrons. The first-order chi connectivity index (χ1) is 11.6. The second-order valence-corrected chi connectivity index (χ2v) is 7.45. The zero-order valence-electron chi connectivity index (χ0n) is 14.5. The lowest BCUT2D eigenvalue weighted by molar-refractivity contribution is -0.145. The highest BCUT2D eigenvalue weighted by molar-refractivity contribution is 7.13. The minimum Gasteiger partial charge on any atom is -0.469 e. The maximum atomic E-state index is 11.7. The van der Waals surface area contributed by atoms with Crippen molar-refractivity contribution in [3.05, 3.63) is 40.9 Å². The molecule has 1 fully saturated rings. The number of thiazole rings is 1. The van der Waals surface area contributed by atoms with Crippen molar-refractivity contribution in [1.29, 1.82) is 0 Å². The average Bonchev–Trinajstić information content (AvgIpc) is 3.33. The van der Waals surface area contributed by atoms with E-state index in [0.717, 1.165) is 29.4 Å². The third-order valence-corrected chi connectivity index (χ3v) is 5.33. The van der Waals surface area contributed by atoms with Gasteiger partial charge in [-0.2, -0.15) is 0 Å². The van der Waals surface area contributed by atoms with Gasteiger partial charge in [0.25, 0.3) is 0 Å². The largest absolute Gasteiger partial charge is 0.469 e. The zero-order valence-corrected chi connectivity index (χ0v) is 15.3. The van der Waals surface area contributed by atoms with Gasteiger partial charge in [0, 0.05) is 30.1 Å². The molecule has 24 heavy (non-hydrogen) atoms. The summed E-state index contributed by atoms with van der Waals surface area (Å²) in [7, 11) is 1.45. The van der Waals surface area contributed by atoms with Gasteiger partial charge in [0.1, 0.15) is 5.01 Å². The van der Waals surface area contributed by atoms with E-state index in [9.17, 15) is 4.79 Å². The van der Waals surface area contributed by atoms with Crippen LogP contribution in [0.15, 0.2) is 29.6 Å². The first-order valence-electron chi connectivity index (χ1n) is 8.40. The predicted molar refractivity (Wildman–Crippen MR) is 96.9 cm³/mol. The number of benzene rings is 1. The Morgan fingerprint density at radius 3 is 2.71 bits per heavy atom. The SMILES string of the molecule is COC(=O)[C@@H](C)CN(Cc1csc(-c2ccc(C)cc2)n1)C1CC1. The molecule has 128 valence electrons. The first kappa shape index (κ1) is 17.1. The molecule has 0 bridgehead atoms. The Morgan fingerprint density at radius 1 is 1.38 bits per heavy atom. The van der Waals surface area contributed by atoms with Crippen molar-refractivity contribution < 1.29 is 9.53 Å². The van der Waals surface area contributed by atoms with Crippen LogP contribution in [0.25, 0.3) is 10.6 Å². The van der Waals surface area contributed by atoms with Gasteiger partial charge in [-0.05, 0) is 19.8 Å². The van der Waals surface area contributed by atoms with Crippen LogP contribution in [0.3, 0.4) is 0 Å². The Balaban J connectivity index is 1.67. The van der Waals surface area contributed by atoms with Crippen LogP contribution >= 0.6 is 11.3 Å². The van der Waals surface area contributed by atoms with Crippen molar-refractivity contribution in [2.75, 3.05) is 13.7 Å². The van der Waals surface area contributed by atoms with Crippen LogP contribution < -0.4 is 0 Å². The topological polar surface area (TPSA) is 42.4 Å². The summed E-state index contributed by atoms with van der Waals surface area (Å²) in [5.74, 6) is -0.245. The number of rotatable bonds is 7. The van der Waals surface area contributed by atoms with Crippen molar-refractivity contribution in [3.8, 4) is 10.6 Å². The number of esters is 1. The Bertz CT molecular complexity index is 692. The smallest absolute Gasteiger partial charge is 0.309 e. The summed E-state index contributed by atoms with van der Waals surface area (Å²) in [5, 5.41) is 3.19. The molecule has 1 aliphatic carbocycles. The summed E-state index contributed by atoms with van der Waals surface area (Å²) in [4.78, 5) is 18.9. The van der Waals surface area contributed by atoms with E-state index < -0.39 is 0 Å². The molecule has 5 heteroatoms. The van der Waals surface area contributed by atoms with Gasteiger partial charge in [0.15, 0.2) is 0 Å². The van der Waals surface area contributed by atoms with Gasteiger partial charge in [0.05, 0.1) is 18.7 Å². The van der Waals surface area contributed by atoms with E-state index in [4.69, 9.17) is 9.72 Å². The van der Waals surface area contributed by atoms with Crippen LogP contribution in [0.2, 0.25) is 0 Å². The molecular weight excluding hydrogens is 320 g/mol. The fourth-order valence-electron chi connectivity index (χ4n) is 2.83. The number of ether oxygens (including phenoxy) is 1. The number of carbonyl (C=O) groups excluding carboxylic acids is 1. The summed E-state index contributed by atoms with van der Waals surface area (Å²) in [6.45, 7) is 5.55. The van der Waals surface area contributed by atoms with Gasteiger partial charge in [-0.3, -0.25) is 9.69 Å². The van der Waals surface area contributed by atoms with Crippen molar-refractivity contribution >= 4 is 17.3 Å². The van der Waals surface area contributed by atoms with Crippen molar-refractivity contribution in [1.82, 2.24) is 9.88 Å². The highest BCUT2D eigenvalue weighted by atomic mass is 32.1. The first-order valence-corrected chi connectivity index (χ1v) is 9.28. The fraction of sp³-hybridized carbons (Fsp3) is 0.474. The summed E-state index contributed by atoms with van der Waals surface area (Å²) < 4.78 is 4.86. The summed E-state index contributed by atoms with van der Waals surface area (Å²) >= 11 is 1.68. The monoisotopic (exact) mass is 344 g/mol. The highest BCUT2D eigenvalue weighted by Crippen LogP contribution is 2.30. The van der Waals surface area contributed by atoms with E-state index >= 15 is 0 Å². The van der Waals surface area contributed by atoms with Gasteiger partial charge in [-0.15, -0.1) is 11.3 Å². The van der Waals surface area contributed by atoms with E-state index in [1.807, 2.05) is 6.92 Å². The quantitative estimate of drug-likeness (QED) is 0.715. The van der Waals surface area contributed by atoms with Crippen LogP contribution in [0, 0.1) is 12.8 Å². The number of methoxy groups -OCH3 is 1. The zero-order chi connectivity index (χ0) is 17.1. The van der Waals surface area contributed by atoms with Gasteiger partial charge in [-0.25, -0.2) is 4.98 Å². The lowest BCUT2D eigenvalue weighted by atomic mass is 10.1. The van der Waals surface area contributed by atoms with Gasteiger partial charge in [-0.1, -0.05) is 36.8 Å². The molecule has 0 N–H and O–H groups in total. The second-order valence-electron chi connectivity index (χ2n) is 6.59. The molecule has 0 saturated heterocycles. The molecule has 1 saturated carbocycles. The Hall–Kier alpha value is -1.72. The van der Waals surface area contributed by atoms with E-state index in [-0.39, 0.29) is 11.9 Å². The van der Waals surface area contributed by atoms with Crippen LogP contribution in [0.5, 0.6) is 0 Å². The molecule has 0 aliphatic heterocycles. The molecule has 1 aromatic heterocycles. The Morgan fingerprint density at radius 2 is 2.08 bits per heavy atom. The minimum atomic E-state index is -0.140. The van der Waals surface area contributed by atoms with Gasteiger partial charge >= 0.3 is 5.97 Å². The lowest BCUT2D eigenvalue weighted by Crippen LogP contribution is -2.33. The predicted octanol–water partition coefficient (Wildman–Crippen LogP) is 3.89. The van der Waals surface area contributed by atoms with Crippen LogP contribution in [-0.2, 0) is 16.1 Å². The number of aryl methyl sites for hydroxylation is 1. The van der Waals surface area contributed by atoms with Gasteiger partial charge < -0.3 is 4.74 Å². The highest BCUT2D eigenvalue weighted by Gasteiger charge is 2.31. The molecule has 0 spiro atoms. The number of hydrogen-bond acceptors (Lipinski definition) is 5.